The van der Waals surface area contributed by atoms with E-state index in [1.54, 1.807) is 16.8 Å². The number of imidazole rings is 1. The molecule has 1 aliphatic heterocycles. The maximum absolute atomic E-state index is 14.3. The molecular formula is C23H26FN7O3S. The molecule has 1 aromatic carbocycles. The number of nitrogens with one attached hydrogen (secondary N) is 1. The summed E-state index contributed by atoms with van der Waals surface area (Å²) in [6.07, 6.45) is 6.22. The minimum atomic E-state index is -3.64. The number of fused-ring (bicyclic) bond motifs is 1. The molecule has 12 heteroatoms. The maximum Gasteiger partial charge on any atom is 0.324 e. The minimum absolute atomic E-state index is 0.214. The molecular weight excluding hydrogens is 473 g/mol. The first-order valence-corrected chi connectivity index (χ1v) is 13.3. The van der Waals surface area contributed by atoms with Gasteiger partial charge in [-0.2, -0.15) is 10.1 Å². The van der Waals surface area contributed by atoms with Gasteiger partial charge in [-0.1, -0.05) is 19.0 Å². The van der Waals surface area contributed by atoms with Crippen LogP contribution < -0.4 is 10.2 Å². The fourth-order valence-electron chi connectivity index (χ4n) is 4.28. The Labute approximate surface area is 202 Å². The molecule has 0 bridgehead atoms. The van der Waals surface area contributed by atoms with E-state index < -0.39 is 15.7 Å². The van der Waals surface area contributed by atoms with Gasteiger partial charge in [-0.15, -0.1) is 0 Å². The number of halogens is 1. The summed E-state index contributed by atoms with van der Waals surface area (Å²) in [7, 11) is -3.64. The zero-order valence-electron chi connectivity index (χ0n) is 19.6. The summed E-state index contributed by atoms with van der Waals surface area (Å²) in [5, 5.41) is 11.7. The average molecular weight is 500 g/mol. The largest absolute Gasteiger partial charge is 0.352 e. The topological polar surface area (TPSA) is 119 Å². The molecule has 184 valence electrons. The smallest absolute Gasteiger partial charge is 0.324 e. The lowest BCUT2D eigenvalue weighted by molar-refractivity contribution is 0.385. The van der Waals surface area contributed by atoms with Gasteiger partial charge in [0.05, 0.1) is 23.8 Å². The molecule has 0 spiro atoms. The highest BCUT2D eigenvalue weighted by atomic mass is 32.2. The number of hydrogen-bond donors (Lipinski definition) is 1. The van der Waals surface area contributed by atoms with Crippen molar-refractivity contribution < 1.29 is 17.3 Å². The molecule has 4 heterocycles. The van der Waals surface area contributed by atoms with Gasteiger partial charge in [-0.05, 0) is 37.1 Å². The van der Waals surface area contributed by atoms with Crippen LogP contribution in [0.25, 0.3) is 5.65 Å². The van der Waals surface area contributed by atoms with Gasteiger partial charge >= 0.3 is 6.01 Å². The van der Waals surface area contributed by atoms with Crippen LogP contribution in [-0.4, -0.2) is 52.5 Å². The molecule has 0 radical (unpaired) electrons. The molecule has 0 amide bonds. The van der Waals surface area contributed by atoms with Crippen LogP contribution in [0, 0.1) is 5.82 Å². The minimum Gasteiger partial charge on any atom is -0.352 e. The molecule has 3 aromatic heterocycles. The number of rotatable bonds is 6. The third-order valence-corrected chi connectivity index (χ3v) is 7.30. The van der Waals surface area contributed by atoms with Crippen molar-refractivity contribution in [1.82, 2.24) is 24.7 Å². The van der Waals surface area contributed by atoms with Gasteiger partial charge in [-0.25, -0.2) is 22.3 Å². The molecule has 1 N–H and O–H groups in total. The number of aromatic nitrogens is 5. The molecule has 5 rings (SSSR count). The normalized spacial score (nSPS) is 15.3. The number of sulfone groups is 1. The van der Waals surface area contributed by atoms with E-state index in [-0.39, 0.29) is 16.7 Å². The average Bonchev–Trinajstić information content (AvgIpc) is 3.47. The van der Waals surface area contributed by atoms with E-state index in [9.17, 15) is 12.8 Å². The van der Waals surface area contributed by atoms with Crippen molar-refractivity contribution in [1.29, 1.82) is 0 Å². The second kappa shape index (κ2) is 8.91. The van der Waals surface area contributed by atoms with Crippen molar-refractivity contribution in [2.45, 2.75) is 43.4 Å². The molecule has 1 fully saturated rings. The number of piperidine rings is 1. The number of benzene rings is 1. The Hall–Kier alpha value is -3.54. The van der Waals surface area contributed by atoms with Crippen molar-refractivity contribution in [2.75, 3.05) is 29.6 Å². The molecule has 0 atom stereocenters. The van der Waals surface area contributed by atoms with Crippen molar-refractivity contribution in [3.63, 3.8) is 0 Å². The lowest BCUT2D eigenvalue weighted by atomic mass is 9.94. The van der Waals surface area contributed by atoms with Gasteiger partial charge in [0.15, 0.2) is 21.3 Å². The lowest BCUT2D eigenvalue weighted by Gasteiger charge is -2.30. The molecule has 1 saturated heterocycles. The predicted molar refractivity (Wildman–Crippen MR) is 128 cm³/mol. The highest BCUT2D eigenvalue weighted by Gasteiger charge is 2.27. The Balaban J connectivity index is 1.33. The van der Waals surface area contributed by atoms with Crippen LogP contribution in [0.5, 0.6) is 0 Å². The van der Waals surface area contributed by atoms with Crippen molar-refractivity contribution >= 4 is 32.9 Å². The van der Waals surface area contributed by atoms with Gasteiger partial charge in [0.25, 0.3) is 0 Å². The predicted octanol–water partition coefficient (Wildman–Crippen LogP) is 3.91. The Morgan fingerprint density at radius 1 is 1.20 bits per heavy atom. The summed E-state index contributed by atoms with van der Waals surface area (Å²) in [5.74, 6) is 0.369. The number of hydrogen-bond acceptors (Lipinski definition) is 9. The summed E-state index contributed by atoms with van der Waals surface area (Å²) in [4.78, 5) is 10.8. The third-order valence-electron chi connectivity index (χ3n) is 6.17. The van der Waals surface area contributed by atoms with Crippen molar-refractivity contribution in [2.24, 2.45) is 0 Å². The van der Waals surface area contributed by atoms with Gasteiger partial charge < -0.3 is 14.7 Å². The molecule has 0 saturated carbocycles. The molecule has 10 nitrogen and oxygen atoms in total. The van der Waals surface area contributed by atoms with E-state index in [2.05, 4.69) is 30.4 Å². The molecule has 1 aliphatic rings. The van der Waals surface area contributed by atoms with Gasteiger partial charge in [0.1, 0.15) is 10.7 Å². The molecule has 4 aromatic rings. The van der Waals surface area contributed by atoms with Crippen LogP contribution in [0.15, 0.2) is 46.1 Å². The standard InChI is InChI=1S/C23H26FN7O3S/c1-14(2)21-28-23(34-29-21)30-10-7-15(8-11-30)19-13-25-22-18(6-9-26-31(19)22)27-16-4-5-20(17(24)12-16)35(3,32)33/h4-6,9,12-15,27H,7-8,10-11H2,1-3H3. The van der Waals surface area contributed by atoms with E-state index in [0.29, 0.717) is 28.9 Å². The van der Waals surface area contributed by atoms with Crippen LogP contribution in [0.3, 0.4) is 0 Å². The fourth-order valence-corrected chi connectivity index (χ4v) is 5.01. The molecule has 0 aliphatic carbocycles. The first kappa shape index (κ1) is 23.2. The Morgan fingerprint density at radius 3 is 2.63 bits per heavy atom. The summed E-state index contributed by atoms with van der Waals surface area (Å²) >= 11 is 0. The SMILES string of the molecule is CC(C)c1noc(N2CCC(c3cnc4c(Nc5ccc(S(C)(=O)=O)c(F)c5)ccnn34)CC2)n1. The quantitative estimate of drug-likeness (QED) is 0.421. The van der Waals surface area contributed by atoms with E-state index in [4.69, 9.17) is 4.52 Å². The van der Waals surface area contributed by atoms with Gasteiger partial charge in [0.2, 0.25) is 0 Å². The zero-order chi connectivity index (χ0) is 24.7. The fraction of sp³-hybridized carbons (Fsp3) is 0.391. The maximum atomic E-state index is 14.3. The summed E-state index contributed by atoms with van der Waals surface area (Å²) < 4.78 is 44.9. The van der Waals surface area contributed by atoms with E-state index in [0.717, 1.165) is 43.9 Å². The Morgan fingerprint density at radius 2 is 1.97 bits per heavy atom. The second-order valence-corrected chi connectivity index (χ2v) is 11.0. The Kier molecular flexibility index (Phi) is 5.91. The highest BCUT2D eigenvalue weighted by molar-refractivity contribution is 7.90. The number of nitrogens with zero attached hydrogens (tertiary/aromatic N) is 6. The molecule has 35 heavy (non-hydrogen) atoms. The van der Waals surface area contributed by atoms with Crippen LogP contribution in [-0.2, 0) is 9.84 Å². The summed E-state index contributed by atoms with van der Waals surface area (Å²) in [6, 6.07) is 6.25. The van der Waals surface area contributed by atoms with Gasteiger partial charge in [-0.3, -0.25) is 0 Å². The van der Waals surface area contributed by atoms with Crippen molar-refractivity contribution in [3.8, 4) is 0 Å². The van der Waals surface area contributed by atoms with Crippen LogP contribution >= 0.6 is 0 Å². The first-order valence-electron chi connectivity index (χ1n) is 11.4. The van der Waals surface area contributed by atoms with Gasteiger partial charge in [0, 0.05) is 36.9 Å². The van der Waals surface area contributed by atoms with Crippen LogP contribution in [0.1, 0.15) is 50.0 Å². The van der Waals surface area contributed by atoms with E-state index in [1.807, 2.05) is 20.0 Å². The Bertz CT molecular complexity index is 1470. The van der Waals surface area contributed by atoms with Crippen molar-refractivity contribution in [3.05, 3.63) is 54.0 Å². The second-order valence-electron chi connectivity index (χ2n) is 9.06. The van der Waals surface area contributed by atoms with E-state index >= 15 is 0 Å². The lowest BCUT2D eigenvalue weighted by Crippen LogP contribution is -2.33. The van der Waals surface area contributed by atoms with E-state index in [1.165, 1.54) is 12.1 Å². The zero-order valence-corrected chi connectivity index (χ0v) is 20.5. The monoisotopic (exact) mass is 499 g/mol. The molecule has 0 unspecified atom stereocenters. The van der Waals surface area contributed by atoms with Crippen LogP contribution in [0.2, 0.25) is 0 Å². The highest BCUT2D eigenvalue weighted by Crippen LogP contribution is 2.32. The van der Waals surface area contributed by atoms with Crippen LogP contribution in [0.4, 0.5) is 21.8 Å². The summed E-state index contributed by atoms with van der Waals surface area (Å²) in [6.45, 7) is 5.62. The summed E-state index contributed by atoms with van der Waals surface area (Å²) in [5.41, 5.74) is 2.66. The first-order chi connectivity index (χ1) is 16.7. The third kappa shape index (κ3) is 4.57. The number of anilines is 3.